The van der Waals surface area contributed by atoms with Crippen LogP contribution in [-0.4, -0.2) is 93.1 Å². The van der Waals surface area contributed by atoms with E-state index in [1.54, 1.807) is 0 Å². The number of hydrogen-bond acceptors (Lipinski definition) is 8. The molecule has 3 fully saturated rings. The Labute approximate surface area is 370 Å². The molecule has 6 unspecified atom stereocenters. The van der Waals surface area contributed by atoms with E-state index in [0.717, 1.165) is 53.4 Å². The van der Waals surface area contributed by atoms with Gasteiger partial charge in [0.2, 0.25) is 11.8 Å². The Kier molecular flexibility index (Phi) is 11.7. The Hall–Kier alpha value is -5.66. The zero-order valence-corrected chi connectivity index (χ0v) is 38.4. The highest BCUT2D eigenvalue weighted by atomic mass is 16.5. The van der Waals surface area contributed by atoms with Crippen LogP contribution in [0.15, 0.2) is 48.8 Å². The average molecular weight is 861 g/mol. The third kappa shape index (κ3) is 8.45. The zero-order chi connectivity index (χ0) is 45.1. The lowest BCUT2D eigenvalue weighted by Gasteiger charge is -2.30. The lowest BCUT2D eigenvalue weighted by atomic mass is 9.82. The summed E-state index contributed by atoms with van der Waals surface area (Å²) in [6, 6.07) is 11.2. The number of aromatic nitrogens is 4. The van der Waals surface area contributed by atoms with Crippen molar-refractivity contribution in [3.05, 3.63) is 71.6 Å². The van der Waals surface area contributed by atoms with E-state index in [9.17, 15) is 19.2 Å². The number of ether oxygens (including phenoxy) is 2. The first-order chi connectivity index (χ1) is 29.9. The predicted octanol–water partition coefficient (Wildman–Crippen LogP) is 8.86. The highest BCUT2D eigenvalue weighted by molar-refractivity contribution is 5.87. The van der Waals surface area contributed by atoms with Crippen LogP contribution in [0.1, 0.15) is 134 Å². The molecule has 4 amide bonds. The summed E-state index contributed by atoms with van der Waals surface area (Å²) in [6.07, 6.45) is 7.50. The molecule has 336 valence electrons. The van der Waals surface area contributed by atoms with Crippen LogP contribution in [-0.2, 0) is 19.1 Å². The van der Waals surface area contributed by atoms with Gasteiger partial charge in [-0.1, -0.05) is 91.8 Å². The summed E-state index contributed by atoms with van der Waals surface area (Å²) in [4.78, 5) is 73.1. The molecule has 63 heavy (non-hydrogen) atoms. The summed E-state index contributed by atoms with van der Waals surface area (Å²) in [6.45, 7) is 17.4. The smallest absolute Gasteiger partial charge is 0.407 e. The molecule has 0 radical (unpaired) electrons. The van der Waals surface area contributed by atoms with Gasteiger partial charge in [-0.25, -0.2) is 19.6 Å². The maximum Gasteiger partial charge on any atom is 0.407 e. The summed E-state index contributed by atoms with van der Waals surface area (Å²) in [5.74, 6) is 1.94. The van der Waals surface area contributed by atoms with Crippen LogP contribution < -0.4 is 10.6 Å². The van der Waals surface area contributed by atoms with E-state index in [2.05, 4.69) is 84.7 Å². The highest BCUT2D eigenvalue weighted by Gasteiger charge is 2.47. The number of carbonyl (C=O) groups is 4. The van der Waals surface area contributed by atoms with Crippen molar-refractivity contribution in [2.75, 3.05) is 27.3 Å². The molecule has 4 heterocycles. The lowest BCUT2D eigenvalue weighted by molar-refractivity contribution is -0.136. The number of rotatable bonds is 11. The van der Waals surface area contributed by atoms with Crippen LogP contribution in [0.2, 0.25) is 0 Å². The van der Waals surface area contributed by atoms with E-state index < -0.39 is 24.3 Å². The van der Waals surface area contributed by atoms with Crippen molar-refractivity contribution in [1.29, 1.82) is 0 Å². The number of hydrogen-bond donors (Lipinski definition) is 4. The van der Waals surface area contributed by atoms with Gasteiger partial charge in [-0.2, -0.15) is 0 Å². The van der Waals surface area contributed by atoms with E-state index in [1.165, 1.54) is 49.3 Å². The van der Waals surface area contributed by atoms with Gasteiger partial charge in [-0.3, -0.25) is 9.59 Å². The van der Waals surface area contributed by atoms with Gasteiger partial charge in [-0.05, 0) is 94.4 Å². The topological polar surface area (TPSA) is 175 Å². The Morgan fingerprint density at radius 3 is 1.56 bits per heavy atom. The summed E-state index contributed by atoms with van der Waals surface area (Å²) in [7, 11) is 2.61. The molecular weight excluding hydrogens is 797 g/mol. The second-order valence-corrected chi connectivity index (χ2v) is 20.6. The molecular formula is C49H64N8O6. The van der Waals surface area contributed by atoms with E-state index >= 15 is 0 Å². The summed E-state index contributed by atoms with van der Waals surface area (Å²) < 4.78 is 9.68. The number of nitrogens with one attached hydrogen (secondary N) is 4. The number of methoxy groups -OCH3 is 2. The summed E-state index contributed by atoms with van der Waals surface area (Å²) in [5, 5.41) is 5.51. The second kappa shape index (κ2) is 16.8. The fourth-order valence-corrected chi connectivity index (χ4v) is 10.9. The van der Waals surface area contributed by atoms with Gasteiger partial charge in [0, 0.05) is 18.7 Å². The number of aromatic amines is 2. The maximum atomic E-state index is 14.1. The Morgan fingerprint density at radius 2 is 1.08 bits per heavy atom. The molecule has 2 bridgehead atoms. The number of H-pyrrole nitrogens is 2. The largest absolute Gasteiger partial charge is 0.453 e. The number of fused-ring (bicyclic) bond motifs is 5. The minimum Gasteiger partial charge on any atom is -0.453 e. The van der Waals surface area contributed by atoms with E-state index in [4.69, 9.17) is 19.4 Å². The molecule has 2 aromatic heterocycles. The molecule has 4 aromatic rings. The Balaban J connectivity index is 1.04. The fourth-order valence-electron chi connectivity index (χ4n) is 10.9. The number of likely N-dealkylation sites (tertiary alicyclic amines) is 2. The average Bonchev–Trinajstić information content (AvgIpc) is 4.12. The van der Waals surface area contributed by atoms with Gasteiger partial charge < -0.3 is 39.9 Å². The molecule has 0 spiro atoms. The number of alkyl carbamates (subject to hydrolysis) is 2. The Morgan fingerprint density at radius 1 is 0.651 bits per heavy atom. The number of imidazole rings is 2. The zero-order valence-electron chi connectivity index (χ0n) is 38.4. The van der Waals surface area contributed by atoms with Crippen molar-refractivity contribution in [2.24, 2.45) is 22.7 Å². The first-order valence-corrected chi connectivity index (χ1v) is 22.6. The van der Waals surface area contributed by atoms with Crippen LogP contribution >= 0.6 is 0 Å². The normalized spacial score (nSPS) is 22.9. The first-order valence-electron chi connectivity index (χ1n) is 22.6. The minimum atomic E-state index is -0.715. The van der Waals surface area contributed by atoms with Crippen molar-refractivity contribution < 1.29 is 28.7 Å². The monoisotopic (exact) mass is 860 g/mol. The quantitative estimate of drug-likeness (QED) is 0.116. The van der Waals surface area contributed by atoms with E-state index in [0.29, 0.717) is 24.9 Å². The fraction of sp³-hybridized carbons (Fsp3) is 0.551. The molecule has 8 rings (SSSR count). The van der Waals surface area contributed by atoms with Crippen LogP contribution in [0.4, 0.5) is 9.59 Å². The molecule has 4 N–H and O–H groups in total. The standard InChI is InChI=1S/C49H64N8O6/c1-26(2)40(54-46(60)62-9)44(58)56-24-48(5,6)20-36(56)42-50-22-34(52-42)29-13-11-28(12-14-29)32-17-18-33(39-31-16-15-30(19-31)38(32)39)35-23-51-43(53-35)37-21-49(7,8)25-57(37)45(59)41(27(3)4)55-47(61)63-10/h11-14,17-18,22-23,26-27,30-31,36-37,40-41H,15-16,19-21,24-25H2,1-10H3,(H,50,52)(H,51,53)(H,54,60)(H,55,61). The molecule has 2 aliphatic heterocycles. The number of carbonyl (C=O) groups excluding carboxylic acids is 4. The van der Waals surface area contributed by atoms with Gasteiger partial charge in [0.1, 0.15) is 23.7 Å². The van der Waals surface area contributed by atoms with Gasteiger partial charge in [0.15, 0.2) is 0 Å². The lowest BCUT2D eigenvalue weighted by Crippen LogP contribution is -2.51. The van der Waals surface area contributed by atoms with Gasteiger partial charge >= 0.3 is 12.2 Å². The van der Waals surface area contributed by atoms with Crippen LogP contribution in [0.3, 0.4) is 0 Å². The predicted molar refractivity (Wildman–Crippen MR) is 240 cm³/mol. The van der Waals surface area contributed by atoms with Gasteiger partial charge in [0.25, 0.3) is 0 Å². The number of benzene rings is 2. The van der Waals surface area contributed by atoms with Crippen LogP contribution in [0.25, 0.3) is 33.6 Å². The molecule has 2 aliphatic carbocycles. The molecule has 2 saturated heterocycles. The molecule has 4 aliphatic rings. The summed E-state index contributed by atoms with van der Waals surface area (Å²) in [5.41, 5.74) is 9.01. The van der Waals surface area contributed by atoms with Crippen molar-refractivity contribution in [1.82, 2.24) is 40.4 Å². The molecule has 14 heteroatoms. The van der Waals surface area contributed by atoms with Crippen molar-refractivity contribution in [3.8, 4) is 33.6 Å². The third-order valence-electron chi connectivity index (χ3n) is 13.9. The first kappa shape index (κ1) is 44.0. The van der Waals surface area contributed by atoms with E-state index in [1.807, 2.05) is 49.9 Å². The summed E-state index contributed by atoms with van der Waals surface area (Å²) >= 11 is 0. The van der Waals surface area contributed by atoms with Crippen molar-refractivity contribution in [3.63, 3.8) is 0 Å². The third-order valence-corrected chi connectivity index (χ3v) is 13.9. The Bertz CT molecular complexity index is 2380. The molecule has 1 saturated carbocycles. The number of nitrogens with zero attached hydrogens (tertiary/aromatic N) is 4. The molecule has 2 aromatic carbocycles. The maximum absolute atomic E-state index is 14.1. The molecule has 14 nitrogen and oxygen atoms in total. The van der Waals surface area contributed by atoms with Crippen LogP contribution in [0.5, 0.6) is 0 Å². The molecule has 6 atom stereocenters. The minimum absolute atomic E-state index is 0.124. The van der Waals surface area contributed by atoms with Gasteiger partial charge in [-0.15, -0.1) is 0 Å². The van der Waals surface area contributed by atoms with Crippen molar-refractivity contribution in [2.45, 2.75) is 123 Å². The van der Waals surface area contributed by atoms with Crippen molar-refractivity contribution >= 4 is 24.0 Å². The highest BCUT2D eigenvalue weighted by Crippen LogP contribution is 2.58. The van der Waals surface area contributed by atoms with E-state index in [-0.39, 0.29) is 46.6 Å². The van der Waals surface area contributed by atoms with Crippen LogP contribution in [0, 0.1) is 22.7 Å². The second-order valence-electron chi connectivity index (χ2n) is 20.6. The number of amides is 4. The van der Waals surface area contributed by atoms with Gasteiger partial charge in [0.05, 0.1) is 50.1 Å². The SMILES string of the molecule is COC(=O)NC(C(=O)N1CC(C)(C)CC1c1ncc(-c2ccc(-c3ccc(-c4cnc(C5CC(C)(C)CN5C(=O)C(NC(=O)OC)C(C)C)[nH]4)c4c3C3CCC4C3)cc2)[nH]1)C(C)C.